The second kappa shape index (κ2) is 10.6. The third-order valence-corrected chi connectivity index (χ3v) is 7.02. The molecule has 1 unspecified atom stereocenters. The zero-order valence-electron chi connectivity index (χ0n) is 20.1. The van der Waals surface area contributed by atoms with E-state index in [4.69, 9.17) is 14.5 Å². The predicted octanol–water partition coefficient (Wildman–Crippen LogP) is 6.20. The van der Waals surface area contributed by atoms with Gasteiger partial charge in [0.2, 0.25) is 23.2 Å². The molecule has 2 aromatic carbocycles. The average molecular weight is 491 g/mol. The van der Waals surface area contributed by atoms with Crippen LogP contribution in [0, 0.1) is 0 Å². The number of ether oxygens (including phenoxy) is 2. The van der Waals surface area contributed by atoms with Crippen LogP contribution in [0.2, 0.25) is 0 Å². The Morgan fingerprint density at radius 3 is 2.66 bits per heavy atom. The number of rotatable bonds is 7. The van der Waals surface area contributed by atoms with Crippen molar-refractivity contribution in [1.29, 1.82) is 0 Å². The zero-order valence-corrected chi connectivity index (χ0v) is 21.0. The molecule has 0 spiro atoms. The van der Waals surface area contributed by atoms with Crippen LogP contribution in [0.25, 0.3) is 11.3 Å². The van der Waals surface area contributed by atoms with E-state index < -0.39 is 6.23 Å². The molecular formula is C27H30N4O3S. The molecule has 2 heterocycles. The van der Waals surface area contributed by atoms with Crippen molar-refractivity contribution in [2.45, 2.75) is 69.9 Å². The molecule has 7 nitrogen and oxygen atoms in total. The highest BCUT2D eigenvalue weighted by Crippen LogP contribution is 2.45. The number of hydrogen-bond donors (Lipinski definition) is 0. The summed E-state index contributed by atoms with van der Waals surface area (Å²) in [5.74, 6) is 1.91. The maximum absolute atomic E-state index is 13.6. The molecule has 35 heavy (non-hydrogen) atoms. The fourth-order valence-corrected chi connectivity index (χ4v) is 5.19. The van der Waals surface area contributed by atoms with E-state index in [1.807, 2.05) is 62.4 Å². The molecule has 1 aliphatic carbocycles. The van der Waals surface area contributed by atoms with Gasteiger partial charge in [-0.3, -0.25) is 9.69 Å². The molecule has 5 rings (SSSR count). The molecule has 0 bridgehead atoms. The summed E-state index contributed by atoms with van der Waals surface area (Å²) in [5.41, 5.74) is 2.84. The van der Waals surface area contributed by atoms with Crippen LogP contribution in [-0.2, 0) is 4.79 Å². The van der Waals surface area contributed by atoms with Crippen LogP contribution in [0.15, 0.2) is 53.7 Å². The van der Waals surface area contributed by atoms with Gasteiger partial charge < -0.3 is 9.47 Å². The van der Waals surface area contributed by atoms with Crippen molar-refractivity contribution in [3.8, 4) is 22.9 Å². The fourth-order valence-electron chi connectivity index (χ4n) is 4.69. The number of carbonyl (C=O) groups is 1. The van der Waals surface area contributed by atoms with E-state index in [-0.39, 0.29) is 12.0 Å². The predicted molar refractivity (Wildman–Crippen MR) is 137 cm³/mol. The van der Waals surface area contributed by atoms with E-state index in [2.05, 4.69) is 10.2 Å². The second-order valence-electron chi connectivity index (χ2n) is 8.74. The van der Waals surface area contributed by atoms with Crippen LogP contribution >= 0.6 is 11.8 Å². The Balaban J connectivity index is 1.67. The van der Waals surface area contributed by atoms with Crippen molar-refractivity contribution in [3.05, 3.63) is 54.1 Å². The minimum Gasteiger partial charge on any atom is -0.490 e. The third kappa shape index (κ3) is 4.85. The summed E-state index contributed by atoms with van der Waals surface area (Å²) in [6, 6.07) is 15.6. The lowest BCUT2D eigenvalue weighted by molar-refractivity contribution is -0.120. The molecule has 3 aromatic rings. The van der Waals surface area contributed by atoms with Gasteiger partial charge in [0, 0.05) is 12.0 Å². The van der Waals surface area contributed by atoms with E-state index >= 15 is 0 Å². The monoisotopic (exact) mass is 490 g/mol. The number of hydrogen-bond acceptors (Lipinski definition) is 7. The van der Waals surface area contributed by atoms with E-state index in [9.17, 15) is 4.79 Å². The molecule has 0 N–H and O–H groups in total. The number of para-hydroxylation sites is 2. The van der Waals surface area contributed by atoms with Gasteiger partial charge in [-0.2, -0.15) is 4.98 Å². The highest BCUT2D eigenvalue weighted by molar-refractivity contribution is 7.99. The molecule has 0 saturated heterocycles. The number of nitrogens with zero attached hydrogens (tertiary/aromatic N) is 4. The molecular weight excluding hydrogens is 460 g/mol. The normalized spacial score (nSPS) is 17.3. The maximum Gasteiger partial charge on any atom is 0.247 e. The van der Waals surface area contributed by atoms with Gasteiger partial charge in [0.15, 0.2) is 5.69 Å². The lowest BCUT2D eigenvalue weighted by Crippen LogP contribution is -2.38. The Morgan fingerprint density at radius 1 is 1.09 bits per heavy atom. The van der Waals surface area contributed by atoms with E-state index in [0.29, 0.717) is 23.2 Å². The van der Waals surface area contributed by atoms with E-state index in [1.165, 1.54) is 24.6 Å². The van der Waals surface area contributed by atoms with Gasteiger partial charge in [0.05, 0.1) is 17.4 Å². The van der Waals surface area contributed by atoms with Crippen LogP contribution in [0.5, 0.6) is 11.6 Å². The number of fused-ring (bicyclic) bond motifs is 3. The van der Waals surface area contributed by atoms with E-state index in [0.717, 1.165) is 47.6 Å². The van der Waals surface area contributed by atoms with Crippen LogP contribution in [0.1, 0.15) is 64.2 Å². The van der Waals surface area contributed by atoms with Crippen molar-refractivity contribution in [2.75, 3.05) is 10.7 Å². The standard InChI is InChI=1S/C27H30N4O3S/c1-3-11-23(32)31-21-16-9-7-14-19(21)24-25(28-27(30-29-24)35-4-2)34-26(31)20-15-8-10-17-22(20)33-18-12-5-6-13-18/h7-10,14-18,26H,3-6,11-13H2,1-2H3. The molecule has 0 radical (unpaired) electrons. The number of amides is 1. The van der Waals surface area contributed by atoms with Gasteiger partial charge in [-0.1, -0.05) is 55.9 Å². The molecule has 1 saturated carbocycles. The minimum atomic E-state index is -0.745. The third-order valence-electron chi connectivity index (χ3n) is 6.30. The van der Waals surface area contributed by atoms with Gasteiger partial charge in [-0.05, 0) is 56.1 Å². The summed E-state index contributed by atoms with van der Waals surface area (Å²) in [5, 5.41) is 9.34. The molecule has 1 fully saturated rings. The van der Waals surface area contributed by atoms with Gasteiger partial charge >= 0.3 is 0 Å². The first kappa shape index (κ1) is 23.6. The van der Waals surface area contributed by atoms with Crippen molar-refractivity contribution >= 4 is 23.4 Å². The maximum atomic E-state index is 13.6. The lowest BCUT2D eigenvalue weighted by Gasteiger charge is -2.32. The largest absolute Gasteiger partial charge is 0.490 e. The quantitative estimate of drug-likeness (QED) is 0.365. The van der Waals surface area contributed by atoms with Crippen LogP contribution < -0.4 is 14.4 Å². The zero-order chi connectivity index (χ0) is 24.2. The first-order valence-corrected chi connectivity index (χ1v) is 13.4. The van der Waals surface area contributed by atoms with Crippen LogP contribution in [0.3, 0.4) is 0 Å². The molecule has 1 amide bonds. The topological polar surface area (TPSA) is 77.4 Å². The smallest absolute Gasteiger partial charge is 0.247 e. The highest BCUT2D eigenvalue weighted by Gasteiger charge is 2.37. The Bertz CT molecular complexity index is 1200. The second-order valence-corrected chi connectivity index (χ2v) is 9.98. The summed E-state index contributed by atoms with van der Waals surface area (Å²) in [4.78, 5) is 20.1. The molecule has 182 valence electrons. The van der Waals surface area contributed by atoms with Gasteiger partial charge in [-0.25, -0.2) is 0 Å². The first-order chi connectivity index (χ1) is 17.2. The van der Waals surface area contributed by atoms with Crippen molar-refractivity contribution in [2.24, 2.45) is 0 Å². The van der Waals surface area contributed by atoms with Crippen LogP contribution in [0.4, 0.5) is 5.69 Å². The number of aromatic nitrogens is 3. The number of thioether (sulfide) groups is 1. The molecule has 2 aliphatic rings. The fraction of sp³-hybridized carbons (Fsp3) is 0.407. The Hall–Kier alpha value is -3.13. The Morgan fingerprint density at radius 2 is 1.86 bits per heavy atom. The number of benzene rings is 2. The molecule has 1 aliphatic heterocycles. The van der Waals surface area contributed by atoms with Gasteiger partial charge in [0.25, 0.3) is 0 Å². The first-order valence-electron chi connectivity index (χ1n) is 12.4. The summed E-state index contributed by atoms with van der Waals surface area (Å²) in [7, 11) is 0. The van der Waals surface area contributed by atoms with Crippen LogP contribution in [-0.4, -0.2) is 32.9 Å². The number of anilines is 1. The van der Waals surface area contributed by atoms with Crippen molar-refractivity contribution in [1.82, 2.24) is 15.2 Å². The number of carbonyl (C=O) groups excluding carboxylic acids is 1. The average Bonchev–Trinajstić information content (AvgIpc) is 3.33. The lowest BCUT2D eigenvalue weighted by atomic mass is 10.1. The van der Waals surface area contributed by atoms with Gasteiger partial charge in [0.1, 0.15) is 5.75 Å². The van der Waals surface area contributed by atoms with Crippen molar-refractivity contribution < 1.29 is 14.3 Å². The molecule has 8 heteroatoms. The Labute approximate surface area is 210 Å². The van der Waals surface area contributed by atoms with Crippen molar-refractivity contribution in [3.63, 3.8) is 0 Å². The summed E-state index contributed by atoms with van der Waals surface area (Å²) in [6.07, 6.45) is 4.99. The molecule has 1 aromatic heterocycles. The molecule has 1 atom stereocenters. The van der Waals surface area contributed by atoms with E-state index in [1.54, 1.807) is 4.90 Å². The summed E-state index contributed by atoms with van der Waals surface area (Å²) >= 11 is 1.50. The summed E-state index contributed by atoms with van der Waals surface area (Å²) < 4.78 is 13.1. The minimum absolute atomic E-state index is 0.0236. The Kier molecular flexibility index (Phi) is 7.18. The SMILES string of the molecule is CCCC(=O)N1c2ccccc2-c2nnc(SCC)nc2OC1c1ccccc1OC1CCCC1. The van der Waals surface area contributed by atoms with Gasteiger partial charge in [-0.15, -0.1) is 10.2 Å². The highest BCUT2D eigenvalue weighted by atomic mass is 32.2. The summed E-state index contributed by atoms with van der Waals surface area (Å²) in [6.45, 7) is 4.05.